The molecular formula is C13H19BrClN3O2S. The van der Waals surface area contributed by atoms with Crippen LogP contribution in [0.2, 0.25) is 5.02 Å². The highest BCUT2D eigenvalue weighted by molar-refractivity contribution is 9.10. The number of likely N-dealkylation sites (N-methyl/N-ethyl adjacent to an activating group) is 1. The van der Waals surface area contributed by atoms with Gasteiger partial charge < -0.3 is 5.32 Å². The van der Waals surface area contributed by atoms with Gasteiger partial charge in [0.05, 0.1) is 9.92 Å². The van der Waals surface area contributed by atoms with E-state index in [2.05, 4.69) is 26.1 Å². The van der Waals surface area contributed by atoms with Gasteiger partial charge in [-0.2, -0.15) is 4.31 Å². The monoisotopic (exact) mass is 395 g/mol. The number of sulfonamides is 1. The molecule has 0 spiro atoms. The minimum absolute atomic E-state index is 0.251. The first-order valence-corrected chi connectivity index (χ1v) is 9.37. The van der Waals surface area contributed by atoms with Crippen molar-refractivity contribution >= 4 is 37.6 Å². The summed E-state index contributed by atoms with van der Waals surface area (Å²) in [4.78, 5) is 2.52. The molecule has 1 N–H and O–H groups in total. The lowest BCUT2D eigenvalue weighted by Gasteiger charge is -2.28. The van der Waals surface area contributed by atoms with Crippen LogP contribution < -0.4 is 5.32 Å². The van der Waals surface area contributed by atoms with Crippen molar-refractivity contribution in [2.24, 2.45) is 0 Å². The Morgan fingerprint density at radius 3 is 2.67 bits per heavy atom. The van der Waals surface area contributed by atoms with E-state index in [0.29, 0.717) is 16.0 Å². The van der Waals surface area contributed by atoms with Gasteiger partial charge in [-0.1, -0.05) is 11.6 Å². The molecule has 1 heterocycles. The van der Waals surface area contributed by atoms with E-state index in [1.54, 1.807) is 19.2 Å². The number of halogens is 2. The highest BCUT2D eigenvalue weighted by Crippen LogP contribution is 2.26. The van der Waals surface area contributed by atoms with Crippen molar-refractivity contribution in [3.8, 4) is 0 Å². The average Bonchev–Trinajstić information content (AvgIpc) is 2.48. The van der Waals surface area contributed by atoms with Crippen LogP contribution in [0.1, 0.15) is 0 Å². The van der Waals surface area contributed by atoms with Crippen molar-refractivity contribution in [2.45, 2.75) is 4.90 Å². The van der Waals surface area contributed by atoms with Gasteiger partial charge in [0.25, 0.3) is 0 Å². The van der Waals surface area contributed by atoms with Crippen LogP contribution in [0.4, 0.5) is 0 Å². The zero-order valence-corrected chi connectivity index (χ0v) is 15.0. The fourth-order valence-electron chi connectivity index (χ4n) is 2.15. The van der Waals surface area contributed by atoms with Crippen LogP contribution in [0.3, 0.4) is 0 Å². The zero-order valence-electron chi connectivity index (χ0n) is 11.8. The molecule has 5 nitrogen and oxygen atoms in total. The highest BCUT2D eigenvalue weighted by Gasteiger charge is 2.22. The van der Waals surface area contributed by atoms with Gasteiger partial charge in [0, 0.05) is 50.8 Å². The van der Waals surface area contributed by atoms with Crippen LogP contribution in [0.15, 0.2) is 27.6 Å². The second kappa shape index (κ2) is 7.39. The molecule has 8 heteroatoms. The van der Waals surface area contributed by atoms with E-state index in [1.807, 2.05) is 0 Å². The van der Waals surface area contributed by atoms with E-state index in [0.717, 1.165) is 32.7 Å². The summed E-state index contributed by atoms with van der Waals surface area (Å²) in [5.41, 5.74) is 0. The van der Waals surface area contributed by atoms with Gasteiger partial charge in [0.1, 0.15) is 0 Å². The molecule has 0 bridgehead atoms. The third kappa shape index (κ3) is 4.40. The lowest BCUT2D eigenvalue weighted by atomic mass is 10.3. The third-order valence-corrected chi connectivity index (χ3v) is 6.61. The lowest BCUT2D eigenvalue weighted by Crippen LogP contribution is -2.46. The maximum atomic E-state index is 12.5. The number of rotatable bonds is 5. The Labute approximate surface area is 139 Å². The Morgan fingerprint density at radius 2 is 2.05 bits per heavy atom. The fraction of sp³-hybridized carbons (Fsp3) is 0.538. The summed E-state index contributed by atoms with van der Waals surface area (Å²) in [5, 5.41) is 3.78. The first-order chi connectivity index (χ1) is 9.91. The van der Waals surface area contributed by atoms with Crippen molar-refractivity contribution in [3.05, 3.63) is 27.7 Å². The van der Waals surface area contributed by atoms with Crippen LogP contribution in [-0.2, 0) is 10.0 Å². The van der Waals surface area contributed by atoms with E-state index in [1.165, 1.54) is 10.4 Å². The second-order valence-electron chi connectivity index (χ2n) is 4.99. The van der Waals surface area contributed by atoms with E-state index < -0.39 is 10.0 Å². The van der Waals surface area contributed by atoms with Gasteiger partial charge in [-0.05, 0) is 34.1 Å². The normalized spacial score (nSPS) is 17.3. The molecule has 0 amide bonds. The van der Waals surface area contributed by atoms with Gasteiger partial charge in [0.15, 0.2) is 0 Å². The Morgan fingerprint density at radius 1 is 1.38 bits per heavy atom. The van der Waals surface area contributed by atoms with Gasteiger partial charge in [-0.15, -0.1) is 0 Å². The third-order valence-electron chi connectivity index (χ3n) is 3.54. The highest BCUT2D eigenvalue weighted by atomic mass is 79.9. The number of piperazine rings is 1. The predicted molar refractivity (Wildman–Crippen MR) is 88.3 cm³/mol. The molecule has 1 aliphatic rings. The van der Waals surface area contributed by atoms with Gasteiger partial charge in [-0.25, -0.2) is 8.42 Å². The molecule has 21 heavy (non-hydrogen) atoms. The fourth-order valence-corrected chi connectivity index (χ4v) is 3.99. The minimum atomic E-state index is -3.48. The molecular weight excluding hydrogens is 378 g/mol. The number of nitrogens with one attached hydrogen (secondary N) is 1. The summed E-state index contributed by atoms with van der Waals surface area (Å²) in [6.07, 6.45) is 0. The quantitative estimate of drug-likeness (QED) is 0.822. The number of nitrogens with zero attached hydrogens (tertiary/aromatic N) is 2. The molecule has 0 aromatic heterocycles. The van der Waals surface area contributed by atoms with Crippen molar-refractivity contribution < 1.29 is 8.42 Å². The molecule has 0 aliphatic carbocycles. The van der Waals surface area contributed by atoms with Crippen LogP contribution in [-0.4, -0.2) is 63.9 Å². The van der Waals surface area contributed by atoms with Crippen LogP contribution in [0, 0.1) is 0 Å². The molecule has 1 saturated heterocycles. The van der Waals surface area contributed by atoms with E-state index >= 15 is 0 Å². The Kier molecular flexibility index (Phi) is 6.05. The van der Waals surface area contributed by atoms with Crippen molar-refractivity contribution in [1.82, 2.24) is 14.5 Å². The van der Waals surface area contributed by atoms with Crippen molar-refractivity contribution in [3.63, 3.8) is 0 Å². The SMILES string of the molecule is CN(CCN1CCNCC1)S(=O)(=O)c1ccc(Cl)c(Br)c1. The van der Waals surface area contributed by atoms with Crippen molar-refractivity contribution in [2.75, 3.05) is 46.3 Å². The number of hydrogen-bond donors (Lipinski definition) is 1. The Bertz CT molecular complexity index is 591. The Balaban J connectivity index is 2.02. The number of benzene rings is 1. The molecule has 0 saturated carbocycles. The molecule has 118 valence electrons. The molecule has 2 rings (SSSR count). The summed E-state index contributed by atoms with van der Waals surface area (Å²) in [6, 6.07) is 4.66. The first kappa shape index (κ1) is 17.2. The summed E-state index contributed by atoms with van der Waals surface area (Å²) in [6.45, 7) is 5.05. The summed E-state index contributed by atoms with van der Waals surface area (Å²) in [5.74, 6) is 0. The molecule has 1 aliphatic heterocycles. The zero-order chi connectivity index (χ0) is 15.5. The van der Waals surface area contributed by atoms with E-state index in [-0.39, 0.29) is 4.90 Å². The van der Waals surface area contributed by atoms with E-state index in [9.17, 15) is 8.42 Å². The molecule has 1 aromatic rings. The second-order valence-corrected chi connectivity index (χ2v) is 8.30. The van der Waals surface area contributed by atoms with Gasteiger partial charge >= 0.3 is 0 Å². The summed E-state index contributed by atoms with van der Waals surface area (Å²) >= 11 is 9.16. The molecule has 0 radical (unpaired) electrons. The van der Waals surface area contributed by atoms with Crippen molar-refractivity contribution in [1.29, 1.82) is 0 Å². The smallest absolute Gasteiger partial charge is 0.242 e. The summed E-state index contributed by atoms with van der Waals surface area (Å²) < 4.78 is 27.0. The predicted octanol–water partition coefficient (Wildman–Crippen LogP) is 1.63. The minimum Gasteiger partial charge on any atom is -0.314 e. The average molecular weight is 397 g/mol. The maximum Gasteiger partial charge on any atom is 0.242 e. The number of hydrogen-bond acceptors (Lipinski definition) is 4. The molecule has 1 fully saturated rings. The lowest BCUT2D eigenvalue weighted by molar-refractivity contribution is 0.229. The molecule has 0 atom stereocenters. The molecule has 1 aromatic carbocycles. The van der Waals surface area contributed by atoms with E-state index in [4.69, 9.17) is 11.6 Å². The standard InChI is InChI=1S/C13H19BrClN3O2S/c1-17(8-9-18-6-4-16-5-7-18)21(19,20)11-2-3-13(15)12(14)10-11/h2-3,10,16H,4-9H2,1H3. The largest absolute Gasteiger partial charge is 0.314 e. The van der Waals surface area contributed by atoms with Gasteiger partial charge in [0.2, 0.25) is 10.0 Å². The Hall–Kier alpha value is -0.180. The van der Waals surface area contributed by atoms with Gasteiger partial charge in [-0.3, -0.25) is 4.90 Å². The maximum absolute atomic E-state index is 12.5. The summed E-state index contributed by atoms with van der Waals surface area (Å²) in [7, 11) is -1.87. The molecule has 0 unspecified atom stereocenters. The topological polar surface area (TPSA) is 52.6 Å². The van der Waals surface area contributed by atoms with Crippen LogP contribution in [0.25, 0.3) is 0 Å². The first-order valence-electron chi connectivity index (χ1n) is 6.76. The van der Waals surface area contributed by atoms with Crippen LogP contribution in [0.5, 0.6) is 0 Å². The van der Waals surface area contributed by atoms with Crippen LogP contribution >= 0.6 is 27.5 Å².